The van der Waals surface area contributed by atoms with Crippen molar-refractivity contribution in [2.24, 2.45) is 5.92 Å². The third kappa shape index (κ3) is 4.46. The maximum atomic E-state index is 11.9. The van der Waals surface area contributed by atoms with Crippen LogP contribution in [0.3, 0.4) is 0 Å². The van der Waals surface area contributed by atoms with Crippen molar-refractivity contribution < 1.29 is 9.53 Å². The normalized spacial score (nSPS) is 16.7. The number of hydrogen-bond donors (Lipinski definition) is 0. The number of hydrogen-bond acceptors (Lipinski definition) is 4. The van der Waals surface area contributed by atoms with E-state index in [4.69, 9.17) is 4.74 Å². The Bertz CT molecular complexity index is 442. The summed E-state index contributed by atoms with van der Waals surface area (Å²) >= 11 is 5.33. The molecule has 0 aromatic carbocycles. The quantitative estimate of drug-likeness (QED) is 0.824. The van der Waals surface area contributed by atoms with Gasteiger partial charge in [-0.1, -0.05) is 13.8 Å². The van der Waals surface area contributed by atoms with E-state index in [1.54, 1.807) is 11.3 Å². The van der Waals surface area contributed by atoms with Crippen LogP contribution in [-0.4, -0.2) is 48.7 Å². The molecule has 2 heterocycles. The van der Waals surface area contributed by atoms with Gasteiger partial charge in [0, 0.05) is 42.1 Å². The van der Waals surface area contributed by atoms with Gasteiger partial charge in [-0.25, -0.2) is 4.79 Å². The highest BCUT2D eigenvalue weighted by molar-refractivity contribution is 9.10. The smallest absolute Gasteiger partial charge is 0.409 e. The van der Waals surface area contributed by atoms with E-state index in [0.717, 1.165) is 32.7 Å². The minimum absolute atomic E-state index is 0.171. The number of piperazine rings is 1. The predicted molar refractivity (Wildman–Crippen MR) is 85.1 cm³/mol. The Labute approximate surface area is 132 Å². The number of nitrogens with zero attached hydrogens (tertiary/aromatic N) is 2. The monoisotopic (exact) mass is 360 g/mol. The van der Waals surface area contributed by atoms with E-state index in [2.05, 4.69) is 32.3 Å². The van der Waals surface area contributed by atoms with E-state index in [1.807, 2.05) is 18.7 Å². The summed E-state index contributed by atoms with van der Waals surface area (Å²) in [6, 6.07) is 2.08. The fourth-order valence-electron chi connectivity index (χ4n) is 2.06. The molecular formula is C14H21BrN2O2S. The third-order valence-corrected chi connectivity index (χ3v) is 5.14. The molecule has 6 heteroatoms. The highest BCUT2D eigenvalue weighted by atomic mass is 79.9. The lowest BCUT2D eigenvalue weighted by Gasteiger charge is -2.34. The van der Waals surface area contributed by atoms with E-state index < -0.39 is 0 Å². The number of ether oxygens (including phenoxy) is 1. The summed E-state index contributed by atoms with van der Waals surface area (Å²) in [5.74, 6) is 0.386. The molecule has 4 nitrogen and oxygen atoms in total. The Hall–Kier alpha value is -0.590. The molecule has 0 unspecified atom stereocenters. The van der Waals surface area contributed by atoms with Crippen LogP contribution in [0.15, 0.2) is 15.9 Å². The lowest BCUT2D eigenvalue weighted by atomic mass is 10.2. The summed E-state index contributed by atoms with van der Waals surface area (Å²) in [5, 5.41) is 2.10. The summed E-state index contributed by atoms with van der Waals surface area (Å²) < 4.78 is 6.45. The van der Waals surface area contributed by atoms with Gasteiger partial charge in [0.05, 0.1) is 6.61 Å². The van der Waals surface area contributed by atoms with E-state index >= 15 is 0 Å². The van der Waals surface area contributed by atoms with Crippen LogP contribution in [0.25, 0.3) is 0 Å². The Morgan fingerprint density at radius 2 is 2.10 bits per heavy atom. The van der Waals surface area contributed by atoms with Crippen LogP contribution in [-0.2, 0) is 11.3 Å². The van der Waals surface area contributed by atoms with Crippen molar-refractivity contribution in [3.63, 3.8) is 0 Å². The van der Waals surface area contributed by atoms with Gasteiger partial charge in [-0.05, 0) is 33.3 Å². The number of thiophene rings is 1. The molecule has 1 aliphatic rings. The molecule has 0 aliphatic carbocycles. The van der Waals surface area contributed by atoms with Crippen molar-refractivity contribution in [1.29, 1.82) is 0 Å². The van der Waals surface area contributed by atoms with Gasteiger partial charge in [0.1, 0.15) is 0 Å². The van der Waals surface area contributed by atoms with Crippen molar-refractivity contribution >= 4 is 33.4 Å². The van der Waals surface area contributed by atoms with Crippen molar-refractivity contribution in [2.75, 3.05) is 32.8 Å². The first-order valence-electron chi connectivity index (χ1n) is 6.92. The summed E-state index contributed by atoms with van der Waals surface area (Å²) in [7, 11) is 0. The maximum absolute atomic E-state index is 11.9. The SMILES string of the molecule is CC(C)COC(=O)N1CCN(Cc2sccc2Br)CC1. The Morgan fingerprint density at radius 1 is 1.40 bits per heavy atom. The largest absolute Gasteiger partial charge is 0.449 e. The van der Waals surface area contributed by atoms with Gasteiger partial charge in [0.25, 0.3) is 0 Å². The molecular weight excluding hydrogens is 340 g/mol. The van der Waals surface area contributed by atoms with Gasteiger partial charge in [-0.3, -0.25) is 4.90 Å². The van der Waals surface area contributed by atoms with E-state index in [0.29, 0.717) is 12.5 Å². The molecule has 1 amide bonds. The van der Waals surface area contributed by atoms with Crippen LogP contribution in [0.4, 0.5) is 4.79 Å². The van der Waals surface area contributed by atoms with E-state index in [9.17, 15) is 4.79 Å². The first-order chi connectivity index (χ1) is 9.56. The standard InChI is InChI=1S/C14H21BrN2O2S/c1-11(2)10-19-14(18)17-6-4-16(5-7-17)9-13-12(15)3-8-20-13/h3,8,11H,4-7,9-10H2,1-2H3. The molecule has 0 saturated carbocycles. The van der Waals surface area contributed by atoms with Gasteiger partial charge in [-0.15, -0.1) is 11.3 Å². The summed E-state index contributed by atoms with van der Waals surface area (Å²) in [6.07, 6.45) is -0.171. The Kier molecular flexibility index (Phi) is 5.86. The fourth-order valence-corrected chi connectivity index (χ4v) is 3.58. The van der Waals surface area contributed by atoms with E-state index in [1.165, 1.54) is 9.35 Å². The molecule has 2 rings (SSSR count). The first-order valence-corrected chi connectivity index (χ1v) is 8.59. The van der Waals surface area contributed by atoms with Crippen LogP contribution >= 0.6 is 27.3 Å². The van der Waals surface area contributed by atoms with E-state index in [-0.39, 0.29) is 6.09 Å². The zero-order chi connectivity index (χ0) is 14.5. The van der Waals surface area contributed by atoms with Gasteiger partial charge < -0.3 is 9.64 Å². The second-order valence-electron chi connectivity index (χ2n) is 5.43. The lowest BCUT2D eigenvalue weighted by Crippen LogP contribution is -2.48. The first kappa shape index (κ1) is 15.8. The second kappa shape index (κ2) is 7.43. The number of halogens is 1. The van der Waals surface area contributed by atoms with Gasteiger partial charge in [0.15, 0.2) is 0 Å². The number of carbonyl (C=O) groups excluding carboxylic acids is 1. The minimum Gasteiger partial charge on any atom is -0.449 e. The molecule has 1 aliphatic heterocycles. The molecule has 1 aromatic rings. The average Bonchev–Trinajstić information content (AvgIpc) is 2.82. The zero-order valence-corrected chi connectivity index (χ0v) is 14.4. The lowest BCUT2D eigenvalue weighted by molar-refractivity contribution is 0.0677. The van der Waals surface area contributed by atoms with Gasteiger partial charge in [-0.2, -0.15) is 0 Å². The molecule has 0 bridgehead atoms. The predicted octanol–water partition coefficient (Wildman–Crippen LogP) is 3.42. The Balaban J connectivity index is 1.75. The highest BCUT2D eigenvalue weighted by Gasteiger charge is 2.22. The van der Waals surface area contributed by atoms with Gasteiger partial charge >= 0.3 is 6.09 Å². The molecule has 0 atom stereocenters. The van der Waals surface area contributed by atoms with Crippen LogP contribution in [0.2, 0.25) is 0 Å². The van der Waals surface area contributed by atoms with Crippen molar-refractivity contribution in [3.05, 3.63) is 20.8 Å². The summed E-state index contributed by atoms with van der Waals surface area (Å²) in [6.45, 7) is 8.85. The average molecular weight is 361 g/mol. The molecule has 0 N–H and O–H groups in total. The van der Waals surface area contributed by atoms with Gasteiger partial charge in [0.2, 0.25) is 0 Å². The topological polar surface area (TPSA) is 32.8 Å². The number of carbonyl (C=O) groups is 1. The van der Waals surface area contributed by atoms with Crippen molar-refractivity contribution in [1.82, 2.24) is 9.80 Å². The molecule has 20 heavy (non-hydrogen) atoms. The van der Waals surface area contributed by atoms with Crippen LogP contribution in [0, 0.1) is 5.92 Å². The molecule has 0 spiro atoms. The second-order valence-corrected chi connectivity index (χ2v) is 7.28. The molecule has 1 aromatic heterocycles. The third-order valence-electron chi connectivity index (χ3n) is 3.23. The number of amides is 1. The number of rotatable bonds is 4. The summed E-state index contributed by atoms with van der Waals surface area (Å²) in [4.78, 5) is 17.4. The molecule has 0 radical (unpaired) electrons. The van der Waals surface area contributed by atoms with Crippen LogP contribution in [0.5, 0.6) is 0 Å². The molecule has 1 saturated heterocycles. The summed E-state index contributed by atoms with van der Waals surface area (Å²) in [5.41, 5.74) is 0. The fraction of sp³-hybridized carbons (Fsp3) is 0.643. The highest BCUT2D eigenvalue weighted by Crippen LogP contribution is 2.24. The minimum atomic E-state index is -0.171. The van der Waals surface area contributed by atoms with Crippen molar-refractivity contribution in [2.45, 2.75) is 20.4 Å². The zero-order valence-electron chi connectivity index (χ0n) is 12.0. The molecule has 112 valence electrons. The maximum Gasteiger partial charge on any atom is 0.409 e. The van der Waals surface area contributed by atoms with Crippen LogP contribution in [0.1, 0.15) is 18.7 Å². The van der Waals surface area contributed by atoms with Crippen molar-refractivity contribution in [3.8, 4) is 0 Å². The Morgan fingerprint density at radius 3 is 2.65 bits per heavy atom. The molecule has 1 fully saturated rings. The van der Waals surface area contributed by atoms with Crippen LogP contribution < -0.4 is 0 Å².